The molecule has 0 saturated heterocycles. The Balaban J connectivity index is 1.84. The fraction of sp³-hybridized carbons (Fsp3) is 0.211. The molecule has 1 aliphatic rings. The number of carbonyl (C=O) groups excluding carboxylic acids is 1. The first-order valence-corrected chi connectivity index (χ1v) is 7.40. The maximum Gasteiger partial charge on any atom is 0.344 e. The summed E-state index contributed by atoms with van der Waals surface area (Å²) in [6, 6.07) is 15.9. The predicted molar refractivity (Wildman–Crippen MR) is 84.8 cm³/mol. The molecule has 0 bridgehead atoms. The van der Waals surface area contributed by atoms with Crippen LogP contribution < -0.4 is 0 Å². The Bertz CT molecular complexity index is 681. The van der Waals surface area contributed by atoms with Crippen LogP contribution in [0.1, 0.15) is 46.8 Å². The third kappa shape index (κ3) is 2.89. The fourth-order valence-corrected chi connectivity index (χ4v) is 2.51. The molecule has 0 unspecified atom stereocenters. The van der Waals surface area contributed by atoms with Crippen LogP contribution in [0.5, 0.6) is 0 Å². The number of hydrogen-bond donors (Lipinski definition) is 0. The van der Waals surface area contributed by atoms with Crippen molar-refractivity contribution in [3.8, 4) is 0 Å². The normalized spacial score (nSPS) is 15.1. The van der Waals surface area contributed by atoms with E-state index in [9.17, 15) is 4.79 Å². The average Bonchev–Trinajstić information content (AvgIpc) is 2.83. The lowest BCUT2D eigenvalue weighted by atomic mass is 10.0. The number of hydrogen-bond acceptors (Lipinski definition) is 2. The molecule has 0 aromatic heterocycles. The second kappa shape index (κ2) is 5.96. The third-order valence-corrected chi connectivity index (χ3v) is 3.71. The van der Waals surface area contributed by atoms with Gasteiger partial charge in [0.1, 0.15) is 5.76 Å². The number of rotatable bonds is 4. The van der Waals surface area contributed by atoms with E-state index in [0.717, 1.165) is 17.5 Å². The molecular weight excluding hydrogens is 260 g/mol. The Hall–Kier alpha value is -2.35. The highest BCUT2D eigenvalue weighted by atomic mass is 16.5. The van der Waals surface area contributed by atoms with Crippen molar-refractivity contribution in [2.75, 3.05) is 0 Å². The van der Waals surface area contributed by atoms with Crippen LogP contribution in [0, 0.1) is 0 Å². The zero-order valence-corrected chi connectivity index (χ0v) is 12.1. The van der Waals surface area contributed by atoms with Crippen LogP contribution in [0.15, 0.2) is 48.5 Å². The van der Waals surface area contributed by atoms with Gasteiger partial charge in [-0.25, -0.2) is 4.79 Å². The van der Waals surface area contributed by atoms with Crippen molar-refractivity contribution in [1.29, 1.82) is 0 Å². The molecule has 21 heavy (non-hydrogen) atoms. The summed E-state index contributed by atoms with van der Waals surface area (Å²) in [4.78, 5) is 11.8. The zero-order chi connectivity index (χ0) is 14.7. The number of esters is 1. The molecule has 0 N–H and O–H groups in total. The largest absolute Gasteiger partial charge is 0.422 e. The molecule has 1 aliphatic heterocycles. The molecule has 2 heteroatoms. The Morgan fingerprint density at radius 2 is 1.71 bits per heavy atom. The summed E-state index contributed by atoms with van der Waals surface area (Å²) in [6.07, 6.45) is 5.46. The van der Waals surface area contributed by atoms with Crippen LogP contribution in [0.4, 0.5) is 0 Å². The molecule has 0 radical (unpaired) electrons. The van der Waals surface area contributed by atoms with E-state index in [4.69, 9.17) is 4.74 Å². The smallest absolute Gasteiger partial charge is 0.344 e. The Morgan fingerprint density at radius 1 is 1.00 bits per heavy atom. The molecule has 106 valence electrons. The van der Waals surface area contributed by atoms with Crippen molar-refractivity contribution in [3.05, 3.63) is 70.8 Å². The Morgan fingerprint density at radius 3 is 2.43 bits per heavy atom. The summed E-state index contributed by atoms with van der Waals surface area (Å²) in [5.74, 6) is 0.369. The summed E-state index contributed by atoms with van der Waals surface area (Å²) in [5.41, 5.74) is 3.92. The first kappa shape index (κ1) is 13.6. The van der Waals surface area contributed by atoms with Crippen LogP contribution in [-0.2, 0) is 11.2 Å². The first-order chi connectivity index (χ1) is 10.3. The van der Waals surface area contributed by atoms with Crippen LogP contribution >= 0.6 is 0 Å². The van der Waals surface area contributed by atoms with Crippen LogP contribution in [0.3, 0.4) is 0 Å². The molecular formula is C19H18O2. The third-order valence-electron chi connectivity index (χ3n) is 3.71. The van der Waals surface area contributed by atoms with Crippen LogP contribution in [-0.4, -0.2) is 5.97 Å². The van der Waals surface area contributed by atoms with Crippen LogP contribution in [0.25, 0.3) is 11.8 Å². The van der Waals surface area contributed by atoms with Gasteiger partial charge in [-0.1, -0.05) is 55.8 Å². The van der Waals surface area contributed by atoms with Gasteiger partial charge >= 0.3 is 5.97 Å². The van der Waals surface area contributed by atoms with Gasteiger partial charge in [0.15, 0.2) is 0 Å². The lowest BCUT2D eigenvalue weighted by molar-refractivity contribution is 0.0717. The predicted octanol–water partition coefficient (Wildman–Crippen LogP) is 4.70. The number of ether oxygens (including phenoxy) is 1. The molecule has 0 amide bonds. The molecule has 0 saturated carbocycles. The fourth-order valence-electron chi connectivity index (χ4n) is 2.51. The highest BCUT2D eigenvalue weighted by Crippen LogP contribution is 2.30. The van der Waals surface area contributed by atoms with Crippen molar-refractivity contribution < 1.29 is 9.53 Å². The minimum Gasteiger partial charge on any atom is -0.422 e. The number of cyclic esters (lactones) is 1. The summed E-state index contributed by atoms with van der Waals surface area (Å²) in [5, 5.41) is 0. The maximum atomic E-state index is 11.8. The molecule has 2 nitrogen and oxygen atoms in total. The standard InChI is InChI=1S/C19H18O2/c1-2-3-6-14-9-11-15(12-10-14)13-18-16-7-4-5-8-17(16)19(20)21-18/h4-5,7-13H,2-3,6H2,1H3. The van der Waals surface area contributed by atoms with E-state index in [1.54, 1.807) is 6.07 Å². The SMILES string of the molecule is CCCCc1ccc(C=C2OC(=O)c3ccccc32)cc1. The molecule has 2 aromatic rings. The quantitative estimate of drug-likeness (QED) is 0.758. The Kier molecular flexibility index (Phi) is 3.87. The summed E-state index contributed by atoms with van der Waals surface area (Å²) >= 11 is 0. The topological polar surface area (TPSA) is 26.3 Å². The van der Waals surface area contributed by atoms with Crippen molar-refractivity contribution in [2.24, 2.45) is 0 Å². The monoisotopic (exact) mass is 278 g/mol. The van der Waals surface area contributed by atoms with Crippen molar-refractivity contribution in [1.82, 2.24) is 0 Å². The lowest BCUT2D eigenvalue weighted by Crippen LogP contribution is -1.92. The van der Waals surface area contributed by atoms with Crippen molar-refractivity contribution >= 4 is 17.8 Å². The number of carbonyl (C=O) groups is 1. The summed E-state index contributed by atoms with van der Waals surface area (Å²) in [6.45, 7) is 2.20. The van der Waals surface area contributed by atoms with Gasteiger partial charge < -0.3 is 4.74 Å². The van der Waals surface area contributed by atoms with Gasteiger partial charge in [0.05, 0.1) is 5.56 Å². The van der Waals surface area contributed by atoms with Gasteiger partial charge in [-0.15, -0.1) is 0 Å². The van der Waals surface area contributed by atoms with E-state index >= 15 is 0 Å². The van der Waals surface area contributed by atoms with E-state index in [0.29, 0.717) is 11.3 Å². The second-order valence-electron chi connectivity index (χ2n) is 5.29. The minimum absolute atomic E-state index is 0.267. The first-order valence-electron chi connectivity index (χ1n) is 7.40. The number of fused-ring (bicyclic) bond motifs is 1. The average molecular weight is 278 g/mol. The highest BCUT2D eigenvalue weighted by molar-refractivity contribution is 6.05. The van der Waals surface area contributed by atoms with Gasteiger partial charge in [-0.3, -0.25) is 0 Å². The van der Waals surface area contributed by atoms with E-state index in [-0.39, 0.29) is 5.97 Å². The van der Waals surface area contributed by atoms with Gasteiger partial charge in [-0.05, 0) is 36.1 Å². The molecule has 1 heterocycles. The number of benzene rings is 2. The van der Waals surface area contributed by atoms with Crippen LogP contribution in [0.2, 0.25) is 0 Å². The maximum absolute atomic E-state index is 11.8. The van der Waals surface area contributed by atoms with E-state index < -0.39 is 0 Å². The molecule has 0 aliphatic carbocycles. The number of aryl methyl sites for hydroxylation is 1. The molecule has 2 aromatic carbocycles. The summed E-state index contributed by atoms with van der Waals surface area (Å²) in [7, 11) is 0. The lowest BCUT2D eigenvalue weighted by Gasteiger charge is -2.02. The zero-order valence-electron chi connectivity index (χ0n) is 12.1. The van der Waals surface area contributed by atoms with Gasteiger partial charge in [0.2, 0.25) is 0 Å². The number of unbranched alkanes of at least 4 members (excludes halogenated alkanes) is 1. The van der Waals surface area contributed by atoms with Gasteiger partial charge in [0.25, 0.3) is 0 Å². The molecule has 0 spiro atoms. The van der Waals surface area contributed by atoms with E-state index in [2.05, 4.69) is 31.2 Å². The Labute approximate surface area is 125 Å². The van der Waals surface area contributed by atoms with Crippen molar-refractivity contribution in [3.63, 3.8) is 0 Å². The molecule has 3 rings (SSSR count). The van der Waals surface area contributed by atoms with Crippen molar-refractivity contribution in [2.45, 2.75) is 26.2 Å². The van der Waals surface area contributed by atoms with E-state index in [1.165, 1.54) is 18.4 Å². The minimum atomic E-state index is -0.267. The highest BCUT2D eigenvalue weighted by Gasteiger charge is 2.25. The molecule has 0 fully saturated rings. The van der Waals surface area contributed by atoms with Gasteiger partial charge in [-0.2, -0.15) is 0 Å². The summed E-state index contributed by atoms with van der Waals surface area (Å²) < 4.78 is 5.35. The van der Waals surface area contributed by atoms with Gasteiger partial charge in [0, 0.05) is 5.56 Å². The second-order valence-corrected chi connectivity index (χ2v) is 5.29. The van der Waals surface area contributed by atoms with E-state index in [1.807, 2.05) is 24.3 Å². The molecule has 0 atom stereocenters.